The summed E-state index contributed by atoms with van der Waals surface area (Å²) in [5.41, 5.74) is 7.68. The van der Waals surface area contributed by atoms with Crippen molar-refractivity contribution < 1.29 is 9.13 Å². The Morgan fingerprint density at radius 1 is 0.288 bits per heavy atom. The van der Waals surface area contributed by atoms with E-state index in [0.717, 1.165) is 65.8 Å². The Morgan fingerprint density at radius 3 is 0.731 bits per heavy atom. The molecule has 252 valence electrons. The molecule has 2 aliphatic rings. The van der Waals surface area contributed by atoms with E-state index in [0.29, 0.717) is 12.3 Å². The third-order valence-corrected chi connectivity index (χ3v) is 16.1. The monoisotopic (exact) mass is 708 g/mol. The van der Waals surface area contributed by atoms with Crippen molar-refractivity contribution in [1.82, 2.24) is 0 Å². The summed E-state index contributed by atoms with van der Waals surface area (Å²) in [6.07, 6.45) is 9.33. The highest BCUT2D eigenvalue weighted by atomic mass is 31.2. The Hall–Kier alpha value is -5.52. The molecule has 0 saturated carbocycles. The summed E-state index contributed by atoms with van der Waals surface area (Å²) in [6.45, 7) is 0. The van der Waals surface area contributed by atoms with E-state index in [1.54, 1.807) is 0 Å². The van der Waals surface area contributed by atoms with Crippen LogP contribution in [0.1, 0.15) is 33.4 Å². The van der Waals surface area contributed by atoms with Gasteiger partial charge in [-0.25, -0.2) is 0 Å². The zero-order chi connectivity index (χ0) is 35.4. The summed E-state index contributed by atoms with van der Waals surface area (Å²) >= 11 is 0. The first kappa shape index (κ1) is 33.6. The molecule has 0 radical (unpaired) electrons. The van der Waals surface area contributed by atoms with Gasteiger partial charge in [-0.2, -0.15) is 0 Å². The molecule has 0 fully saturated rings. The van der Waals surface area contributed by atoms with Crippen LogP contribution in [0.5, 0.6) is 0 Å². The fourth-order valence-electron chi connectivity index (χ4n) is 7.31. The van der Waals surface area contributed by atoms with Gasteiger partial charge in [0.2, 0.25) is 0 Å². The second kappa shape index (κ2) is 14.6. The van der Waals surface area contributed by atoms with E-state index in [2.05, 4.69) is 97.1 Å². The molecule has 6 aromatic rings. The molecule has 0 amide bonds. The smallest absolute Gasteiger partial charge is 0.148 e. The maximum absolute atomic E-state index is 15.9. The van der Waals surface area contributed by atoms with Gasteiger partial charge in [-0.3, -0.25) is 0 Å². The topological polar surface area (TPSA) is 34.1 Å². The van der Waals surface area contributed by atoms with E-state index in [1.807, 2.05) is 109 Å². The zero-order valence-corrected chi connectivity index (χ0v) is 30.5. The molecular formula is C48H38O2P2. The molecule has 6 aromatic carbocycles. The standard InChI is InChI=1S/C48H38O2P2/c49-51(35-37-19-7-1-8-20-37)45(39-23-11-3-12-24-39)31-43(32-46(51)40-25-13-4-14-26-40)44-33-47(41-27-15-5-16-28-41)52(50,36-38-21-9-2-10-22-38)48(34-44)42-29-17-6-18-30-42/h1-34H,35-36H2. The summed E-state index contributed by atoms with van der Waals surface area (Å²) < 4.78 is 31.9. The van der Waals surface area contributed by atoms with Gasteiger partial charge in [0.05, 0.1) is 0 Å². The second-order valence-corrected chi connectivity index (χ2v) is 18.8. The zero-order valence-electron chi connectivity index (χ0n) is 28.8. The van der Waals surface area contributed by atoms with Crippen LogP contribution in [0.3, 0.4) is 0 Å². The molecule has 0 aliphatic carbocycles. The summed E-state index contributed by atoms with van der Waals surface area (Å²) in [6, 6.07) is 60.9. The highest BCUT2D eigenvalue weighted by molar-refractivity contribution is 7.83. The minimum atomic E-state index is -3.21. The van der Waals surface area contributed by atoms with Crippen LogP contribution >= 0.6 is 14.3 Å². The average molecular weight is 709 g/mol. The van der Waals surface area contributed by atoms with Gasteiger partial charge < -0.3 is 9.13 Å². The SMILES string of the molecule is O=P1(Cc2ccccc2)C(c2ccccc2)=CC(=C2C=C(c3ccccc3)P(=O)(Cc3ccccc3)C(c3ccccc3)=C2)C=C1c1ccccc1. The highest BCUT2D eigenvalue weighted by Crippen LogP contribution is 2.74. The molecule has 0 atom stereocenters. The van der Waals surface area contributed by atoms with Crippen molar-refractivity contribution in [3.8, 4) is 0 Å². The minimum absolute atomic E-state index is 0.403. The van der Waals surface area contributed by atoms with Crippen LogP contribution < -0.4 is 0 Å². The summed E-state index contributed by atoms with van der Waals surface area (Å²) in [5, 5.41) is 3.29. The number of allylic oxidation sites excluding steroid dienone is 6. The largest absolute Gasteiger partial charge is 0.313 e. The van der Waals surface area contributed by atoms with Crippen LogP contribution in [-0.4, -0.2) is 0 Å². The number of benzene rings is 6. The van der Waals surface area contributed by atoms with Crippen LogP contribution in [0, 0.1) is 0 Å². The van der Waals surface area contributed by atoms with Gasteiger partial charge in [0.25, 0.3) is 0 Å². The van der Waals surface area contributed by atoms with Crippen LogP contribution in [-0.2, 0) is 21.5 Å². The van der Waals surface area contributed by atoms with Gasteiger partial charge in [-0.05, 0) is 68.8 Å². The van der Waals surface area contributed by atoms with E-state index < -0.39 is 14.3 Å². The van der Waals surface area contributed by atoms with E-state index in [4.69, 9.17) is 0 Å². The lowest BCUT2D eigenvalue weighted by Gasteiger charge is -2.32. The van der Waals surface area contributed by atoms with Crippen molar-refractivity contribution in [2.24, 2.45) is 0 Å². The maximum atomic E-state index is 15.9. The molecule has 0 aromatic heterocycles. The lowest BCUT2D eigenvalue weighted by atomic mass is 10.00. The molecule has 2 aliphatic heterocycles. The molecule has 0 unspecified atom stereocenters. The highest BCUT2D eigenvalue weighted by Gasteiger charge is 2.39. The van der Waals surface area contributed by atoms with Gasteiger partial charge >= 0.3 is 0 Å². The van der Waals surface area contributed by atoms with Gasteiger partial charge in [0, 0.05) is 33.6 Å². The maximum Gasteiger partial charge on any atom is 0.148 e. The third-order valence-electron chi connectivity index (χ3n) is 9.83. The molecule has 0 spiro atoms. The summed E-state index contributed by atoms with van der Waals surface area (Å²) in [5.74, 6) is 0. The Kier molecular flexibility index (Phi) is 9.44. The van der Waals surface area contributed by atoms with Crippen LogP contribution in [0.4, 0.5) is 0 Å². The minimum Gasteiger partial charge on any atom is -0.313 e. The predicted octanol–water partition coefficient (Wildman–Crippen LogP) is 13.6. The lowest BCUT2D eigenvalue weighted by Crippen LogP contribution is -2.05. The average Bonchev–Trinajstić information content (AvgIpc) is 3.20. The van der Waals surface area contributed by atoms with Crippen molar-refractivity contribution >= 4 is 35.5 Å². The van der Waals surface area contributed by atoms with Crippen molar-refractivity contribution in [3.05, 3.63) is 251 Å². The summed E-state index contributed by atoms with van der Waals surface area (Å²) in [4.78, 5) is 0. The molecule has 52 heavy (non-hydrogen) atoms. The summed E-state index contributed by atoms with van der Waals surface area (Å²) in [7, 11) is -6.43. The van der Waals surface area contributed by atoms with E-state index in [1.165, 1.54) is 0 Å². The number of hydrogen-bond acceptors (Lipinski definition) is 2. The molecule has 0 bridgehead atoms. The lowest BCUT2D eigenvalue weighted by molar-refractivity contribution is 0.586. The molecule has 4 heteroatoms. The number of rotatable bonds is 8. The van der Waals surface area contributed by atoms with Crippen LogP contribution in [0.2, 0.25) is 0 Å². The predicted molar refractivity (Wildman–Crippen MR) is 220 cm³/mol. The van der Waals surface area contributed by atoms with E-state index in [9.17, 15) is 0 Å². The Bertz CT molecular complexity index is 2160. The van der Waals surface area contributed by atoms with Gasteiger partial charge in [0.15, 0.2) is 0 Å². The first-order valence-electron chi connectivity index (χ1n) is 17.6. The van der Waals surface area contributed by atoms with Crippen molar-refractivity contribution in [2.75, 3.05) is 0 Å². The van der Waals surface area contributed by atoms with Crippen LogP contribution in [0.15, 0.2) is 217 Å². The normalized spacial score (nSPS) is 20.0. The van der Waals surface area contributed by atoms with E-state index >= 15 is 9.13 Å². The molecule has 2 heterocycles. The van der Waals surface area contributed by atoms with Crippen LogP contribution in [0.25, 0.3) is 21.3 Å². The van der Waals surface area contributed by atoms with Crippen molar-refractivity contribution in [2.45, 2.75) is 12.3 Å². The van der Waals surface area contributed by atoms with E-state index in [-0.39, 0.29) is 0 Å². The molecule has 0 saturated heterocycles. The second-order valence-electron chi connectivity index (χ2n) is 13.3. The van der Waals surface area contributed by atoms with Gasteiger partial charge in [0.1, 0.15) is 14.3 Å². The first-order valence-corrected chi connectivity index (χ1v) is 21.4. The molecule has 2 nitrogen and oxygen atoms in total. The Balaban J connectivity index is 1.43. The fourth-order valence-corrected chi connectivity index (χ4v) is 13.6. The quantitative estimate of drug-likeness (QED) is 0.148. The number of hydrogen-bond donors (Lipinski definition) is 0. The van der Waals surface area contributed by atoms with Gasteiger partial charge in [-0.1, -0.05) is 182 Å². The van der Waals surface area contributed by atoms with Crippen molar-refractivity contribution in [3.63, 3.8) is 0 Å². The van der Waals surface area contributed by atoms with Gasteiger partial charge in [-0.15, -0.1) is 0 Å². The first-order chi connectivity index (χ1) is 25.5. The molecule has 0 N–H and O–H groups in total. The van der Waals surface area contributed by atoms with Crippen molar-refractivity contribution in [1.29, 1.82) is 0 Å². The fraction of sp³-hybridized carbons (Fsp3) is 0.0417. The molecular weight excluding hydrogens is 670 g/mol. The third kappa shape index (κ3) is 6.65. The Labute approximate surface area is 306 Å². The molecule has 8 rings (SSSR count). The Morgan fingerprint density at radius 2 is 0.500 bits per heavy atom.